The SMILES string of the molecule is CCCCC(CC)COC(=O)CSc1ccc(S(=O)(=O)N2CCOCC2)cc1[N+](=O)[O-]. The molecule has 1 unspecified atom stereocenters. The van der Waals surface area contributed by atoms with E-state index in [1.165, 1.54) is 16.4 Å². The van der Waals surface area contributed by atoms with Crippen LogP contribution in [0.2, 0.25) is 0 Å². The van der Waals surface area contributed by atoms with Crippen LogP contribution in [-0.2, 0) is 24.3 Å². The Morgan fingerprint density at radius 2 is 2.03 bits per heavy atom. The number of unbranched alkanes of at least 4 members (excludes halogenated alkanes) is 1. The normalized spacial score (nSPS) is 16.1. The molecule has 31 heavy (non-hydrogen) atoms. The summed E-state index contributed by atoms with van der Waals surface area (Å²) in [6, 6.07) is 3.76. The van der Waals surface area contributed by atoms with Gasteiger partial charge in [-0.15, -0.1) is 11.8 Å². The average molecular weight is 475 g/mol. The van der Waals surface area contributed by atoms with Crippen LogP contribution in [0.1, 0.15) is 39.5 Å². The van der Waals surface area contributed by atoms with E-state index in [0.29, 0.717) is 12.5 Å². The fraction of sp³-hybridized carbons (Fsp3) is 0.650. The summed E-state index contributed by atoms with van der Waals surface area (Å²) in [4.78, 5) is 23.1. The van der Waals surface area contributed by atoms with Crippen molar-refractivity contribution in [1.82, 2.24) is 4.31 Å². The van der Waals surface area contributed by atoms with Crippen molar-refractivity contribution in [3.63, 3.8) is 0 Å². The van der Waals surface area contributed by atoms with Crippen LogP contribution < -0.4 is 0 Å². The van der Waals surface area contributed by atoms with E-state index in [9.17, 15) is 23.3 Å². The molecule has 0 spiro atoms. The third kappa shape index (κ3) is 7.44. The summed E-state index contributed by atoms with van der Waals surface area (Å²) in [5.41, 5.74) is -0.346. The minimum Gasteiger partial charge on any atom is -0.465 e. The molecular formula is C20H30N2O7S2. The lowest BCUT2D eigenvalue weighted by atomic mass is 10.0. The number of hydrogen-bond acceptors (Lipinski definition) is 8. The highest BCUT2D eigenvalue weighted by Gasteiger charge is 2.29. The number of ether oxygens (including phenoxy) is 2. The van der Waals surface area contributed by atoms with Gasteiger partial charge in [-0.25, -0.2) is 8.42 Å². The van der Waals surface area contributed by atoms with Gasteiger partial charge in [0.15, 0.2) is 0 Å². The number of thioether (sulfide) groups is 1. The van der Waals surface area contributed by atoms with Crippen molar-refractivity contribution in [3.8, 4) is 0 Å². The molecule has 9 nitrogen and oxygen atoms in total. The second kappa shape index (κ2) is 12.4. The summed E-state index contributed by atoms with van der Waals surface area (Å²) >= 11 is 0.971. The van der Waals surface area contributed by atoms with Crippen LogP contribution in [0.5, 0.6) is 0 Å². The van der Waals surface area contributed by atoms with Gasteiger partial charge in [0.25, 0.3) is 5.69 Å². The largest absolute Gasteiger partial charge is 0.465 e. The Morgan fingerprint density at radius 1 is 1.32 bits per heavy atom. The average Bonchev–Trinajstić information content (AvgIpc) is 2.78. The van der Waals surface area contributed by atoms with Crippen LogP contribution in [0.4, 0.5) is 5.69 Å². The highest BCUT2D eigenvalue weighted by atomic mass is 32.2. The van der Waals surface area contributed by atoms with E-state index in [1.807, 2.05) is 0 Å². The lowest BCUT2D eigenvalue weighted by molar-refractivity contribution is -0.388. The smallest absolute Gasteiger partial charge is 0.316 e. The molecule has 11 heteroatoms. The highest BCUT2D eigenvalue weighted by Crippen LogP contribution is 2.32. The molecule has 0 amide bonds. The quantitative estimate of drug-likeness (QED) is 0.196. The Morgan fingerprint density at radius 3 is 2.65 bits per heavy atom. The van der Waals surface area contributed by atoms with E-state index in [2.05, 4.69) is 13.8 Å². The number of benzene rings is 1. The minimum atomic E-state index is -3.85. The number of rotatable bonds is 12. The van der Waals surface area contributed by atoms with Crippen molar-refractivity contribution in [2.24, 2.45) is 5.92 Å². The first-order valence-electron chi connectivity index (χ1n) is 10.4. The fourth-order valence-electron chi connectivity index (χ4n) is 3.15. The molecule has 1 aromatic rings. The standard InChI is InChI=1S/C20H30N2O7S2/c1-3-5-6-16(4-2)14-29-20(23)15-30-19-8-7-17(13-18(19)22(24)25)31(26,27)21-9-11-28-12-10-21/h7-8,13,16H,3-6,9-12,14-15H2,1-2H3. The molecular weight excluding hydrogens is 444 g/mol. The predicted octanol–water partition coefficient (Wildman–Crippen LogP) is 3.47. The third-order valence-electron chi connectivity index (χ3n) is 5.10. The maximum atomic E-state index is 12.8. The van der Waals surface area contributed by atoms with E-state index in [0.717, 1.165) is 43.5 Å². The molecule has 0 N–H and O–H groups in total. The summed E-state index contributed by atoms with van der Waals surface area (Å²) in [6.45, 7) is 5.49. The van der Waals surface area contributed by atoms with Gasteiger partial charge in [-0.05, 0) is 24.5 Å². The summed E-state index contributed by atoms with van der Waals surface area (Å²) in [5.74, 6) is -0.215. The number of nitro benzene ring substituents is 1. The van der Waals surface area contributed by atoms with Gasteiger partial charge in [0.1, 0.15) is 0 Å². The van der Waals surface area contributed by atoms with Gasteiger partial charge < -0.3 is 9.47 Å². The van der Waals surface area contributed by atoms with Gasteiger partial charge >= 0.3 is 5.97 Å². The van der Waals surface area contributed by atoms with Gasteiger partial charge in [0, 0.05) is 19.2 Å². The summed E-state index contributed by atoms with van der Waals surface area (Å²) in [5, 5.41) is 11.5. The Balaban J connectivity index is 2.03. The van der Waals surface area contributed by atoms with Crippen LogP contribution in [0.25, 0.3) is 0 Å². The van der Waals surface area contributed by atoms with E-state index in [1.54, 1.807) is 0 Å². The molecule has 1 saturated heterocycles. The molecule has 0 aliphatic carbocycles. The lowest BCUT2D eigenvalue weighted by Gasteiger charge is -2.26. The number of nitro groups is 1. The van der Waals surface area contributed by atoms with Crippen LogP contribution in [0, 0.1) is 16.0 Å². The number of sulfonamides is 1. The molecule has 0 saturated carbocycles. The van der Waals surface area contributed by atoms with E-state index >= 15 is 0 Å². The zero-order chi connectivity index (χ0) is 22.9. The summed E-state index contributed by atoms with van der Waals surface area (Å²) in [7, 11) is -3.85. The van der Waals surface area contributed by atoms with Gasteiger partial charge in [-0.2, -0.15) is 4.31 Å². The van der Waals surface area contributed by atoms with Gasteiger partial charge in [-0.3, -0.25) is 14.9 Å². The number of carbonyl (C=O) groups is 1. The van der Waals surface area contributed by atoms with Crippen LogP contribution in [-0.4, -0.2) is 62.3 Å². The van der Waals surface area contributed by atoms with E-state index in [4.69, 9.17) is 9.47 Å². The predicted molar refractivity (Wildman–Crippen MR) is 118 cm³/mol. The van der Waals surface area contributed by atoms with E-state index < -0.39 is 20.9 Å². The maximum Gasteiger partial charge on any atom is 0.316 e. The topological polar surface area (TPSA) is 116 Å². The monoisotopic (exact) mass is 474 g/mol. The molecule has 1 aliphatic rings. The summed E-state index contributed by atoms with van der Waals surface area (Å²) < 4.78 is 37.3. The molecule has 0 bridgehead atoms. The minimum absolute atomic E-state index is 0.0827. The molecule has 0 radical (unpaired) electrons. The molecule has 1 heterocycles. The van der Waals surface area contributed by atoms with Crippen molar-refractivity contribution >= 4 is 33.4 Å². The van der Waals surface area contributed by atoms with Crippen LogP contribution in [0.3, 0.4) is 0 Å². The Kier molecular flexibility index (Phi) is 10.2. The maximum absolute atomic E-state index is 12.8. The van der Waals surface area contributed by atoms with Gasteiger partial charge in [0.2, 0.25) is 10.0 Å². The molecule has 1 atom stereocenters. The zero-order valence-electron chi connectivity index (χ0n) is 17.9. The number of morpholine rings is 1. The Hall–Kier alpha value is -1.69. The number of esters is 1. The van der Waals surface area contributed by atoms with Crippen LogP contribution in [0.15, 0.2) is 28.0 Å². The molecule has 174 valence electrons. The third-order valence-corrected chi connectivity index (χ3v) is 8.03. The van der Waals surface area contributed by atoms with Gasteiger partial charge in [-0.1, -0.05) is 33.1 Å². The molecule has 2 rings (SSSR count). The first kappa shape index (κ1) is 25.6. The molecule has 0 aromatic heterocycles. The second-order valence-corrected chi connectivity index (χ2v) is 10.2. The van der Waals surface area contributed by atoms with Crippen molar-refractivity contribution in [3.05, 3.63) is 28.3 Å². The van der Waals surface area contributed by atoms with Crippen molar-refractivity contribution in [2.75, 3.05) is 38.7 Å². The Bertz CT molecular complexity index is 855. The van der Waals surface area contributed by atoms with E-state index in [-0.39, 0.29) is 47.5 Å². The molecule has 1 aliphatic heterocycles. The second-order valence-electron chi connectivity index (χ2n) is 7.29. The van der Waals surface area contributed by atoms with Crippen molar-refractivity contribution < 1.29 is 27.6 Å². The first-order valence-corrected chi connectivity index (χ1v) is 12.9. The Labute approximate surface area is 187 Å². The van der Waals surface area contributed by atoms with Crippen LogP contribution >= 0.6 is 11.8 Å². The van der Waals surface area contributed by atoms with Gasteiger partial charge in [0.05, 0.1) is 40.3 Å². The van der Waals surface area contributed by atoms with Crippen molar-refractivity contribution in [1.29, 1.82) is 0 Å². The first-order chi connectivity index (χ1) is 14.8. The molecule has 1 aromatic carbocycles. The lowest BCUT2D eigenvalue weighted by Crippen LogP contribution is -2.40. The summed E-state index contributed by atoms with van der Waals surface area (Å²) in [6.07, 6.45) is 4.08. The molecule has 1 fully saturated rings. The zero-order valence-corrected chi connectivity index (χ0v) is 19.6. The van der Waals surface area contributed by atoms with Crippen molar-refractivity contribution in [2.45, 2.75) is 49.3 Å². The number of carbonyl (C=O) groups excluding carboxylic acids is 1. The fourth-order valence-corrected chi connectivity index (χ4v) is 5.38. The number of hydrogen-bond donors (Lipinski definition) is 0. The highest BCUT2D eigenvalue weighted by molar-refractivity contribution is 8.00. The number of nitrogens with zero attached hydrogens (tertiary/aromatic N) is 2.